The third kappa shape index (κ3) is 2.22. The van der Waals surface area contributed by atoms with Gasteiger partial charge in [-0.15, -0.1) is 0 Å². The first-order chi connectivity index (χ1) is 8.72. The molecule has 94 valence electrons. The number of anilines is 2. The number of nitrogens with one attached hydrogen (secondary N) is 3. The number of benzene rings is 1. The van der Waals surface area contributed by atoms with Gasteiger partial charge in [0, 0.05) is 6.04 Å². The molecule has 0 radical (unpaired) electrons. The summed E-state index contributed by atoms with van der Waals surface area (Å²) in [4.78, 5) is 22.8. The van der Waals surface area contributed by atoms with Gasteiger partial charge in [0.2, 0.25) is 0 Å². The van der Waals surface area contributed by atoms with Crippen molar-refractivity contribution in [1.82, 2.24) is 5.32 Å². The van der Waals surface area contributed by atoms with E-state index in [1.165, 1.54) is 0 Å². The normalized spacial score (nSPS) is 17.2. The highest BCUT2D eigenvalue weighted by atomic mass is 16.5. The Bertz CT molecular complexity index is 511. The van der Waals surface area contributed by atoms with E-state index in [9.17, 15) is 9.59 Å². The van der Waals surface area contributed by atoms with Crippen LogP contribution in [0.15, 0.2) is 18.2 Å². The zero-order valence-electron chi connectivity index (χ0n) is 9.66. The lowest BCUT2D eigenvalue weighted by Crippen LogP contribution is -2.31. The van der Waals surface area contributed by atoms with Crippen molar-refractivity contribution < 1.29 is 14.3 Å². The Morgan fingerprint density at radius 3 is 3.00 bits per heavy atom. The average molecular weight is 247 g/mol. The second kappa shape index (κ2) is 4.21. The number of carbonyl (C=O) groups is 2. The van der Waals surface area contributed by atoms with Crippen molar-refractivity contribution in [3.8, 4) is 5.75 Å². The van der Waals surface area contributed by atoms with Gasteiger partial charge < -0.3 is 20.7 Å². The molecule has 2 aliphatic rings. The minimum absolute atomic E-state index is 0.0318. The summed E-state index contributed by atoms with van der Waals surface area (Å²) in [7, 11) is 0. The zero-order valence-corrected chi connectivity index (χ0v) is 9.66. The van der Waals surface area contributed by atoms with Crippen LogP contribution in [0, 0.1) is 0 Å². The van der Waals surface area contributed by atoms with Crippen molar-refractivity contribution in [2.24, 2.45) is 0 Å². The Morgan fingerprint density at radius 2 is 2.22 bits per heavy atom. The number of hydrogen-bond acceptors (Lipinski definition) is 3. The van der Waals surface area contributed by atoms with Crippen molar-refractivity contribution >= 4 is 23.3 Å². The second-order valence-electron chi connectivity index (χ2n) is 4.39. The van der Waals surface area contributed by atoms with Crippen LogP contribution in [-0.4, -0.2) is 24.6 Å². The average Bonchev–Trinajstić information content (AvgIpc) is 3.12. The number of rotatable bonds is 2. The van der Waals surface area contributed by atoms with Crippen molar-refractivity contribution in [2.45, 2.75) is 18.9 Å². The molecule has 0 spiro atoms. The molecule has 1 aromatic carbocycles. The van der Waals surface area contributed by atoms with E-state index >= 15 is 0 Å². The summed E-state index contributed by atoms with van der Waals surface area (Å²) in [6, 6.07) is 5.27. The Balaban J connectivity index is 1.77. The largest absolute Gasteiger partial charge is 0.479 e. The summed E-state index contributed by atoms with van der Waals surface area (Å²) in [5.41, 5.74) is 1.14. The van der Waals surface area contributed by atoms with Crippen molar-refractivity contribution in [2.75, 3.05) is 17.2 Å². The molecule has 0 saturated heterocycles. The van der Waals surface area contributed by atoms with Crippen molar-refractivity contribution in [3.63, 3.8) is 0 Å². The molecule has 18 heavy (non-hydrogen) atoms. The fourth-order valence-corrected chi connectivity index (χ4v) is 1.78. The van der Waals surface area contributed by atoms with E-state index in [0.717, 1.165) is 12.8 Å². The van der Waals surface area contributed by atoms with E-state index in [0.29, 0.717) is 23.2 Å². The van der Waals surface area contributed by atoms with Gasteiger partial charge in [-0.05, 0) is 25.0 Å². The Morgan fingerprint density at radius 1 is 1.39 bits per heavy atom. The summed E-state index contributed by atoms with van der Waals surface area (Å²) >= 11 is 0. The summed E-state index contributed by atoms with van der Waals surface area (Å²) < 4.78 is 5.33. The molecule has 1 aromatic rings. The highest BCUT2D eigenvalue weighted by Gasteiger charge is 2.24. The first-order valence-electron chi connectivity index (χ1n) is 5.85. The molecule has 0 bridgehead atoms. The number of urea groups is 1. The predicted molar refractivity (Wildman–Crippen MR) is 65.7 cm³/mol. The van der Waals surface area contributed by atoms with Crippen LogP contribution >= 0.6 is 0 Å². The van der Waals surface area contributed by atoms with Crippen LogP contribution in [0.1, 0.15) is 12.8 Å². The van der Waals surface area contributed by atoms with E-state index in [1.54, 1.807) is 18.2 Å². The predicted octanol–water partition coefficient (Wildman–Crippen LogP) is 1.30. The molecule has 0 aromatic heterocycles. The molecule has 1 saturated carbocycles. The van der Waals surface area contributed by atoms with Crippen LogP contribution in [-0.2, 0) is 4.79 Å². The van der Waals surface area contributed by atoms with Gasteiger partial charge in [-0.2, -0.15) is 0 Å². The molecule has 6 nitrogen and oxygen atoms in total. The fraction of sp³-hybridized carbons (Fsp3) is 0.333. The molecule has 1 fully saturated rings. The number of ether oxygens (including phenoxy) is 1. The summed E-state index contributed by atoms with van der Waals surface area (Å²) in [6.07, 6.45) is 2.07. The van der Waals surface area contributed by atoms with Crippen LogP contribution < -0.4 is 20.7 Å². The minimum atomic E-state index is -0.244. The third-order valence-electron chi connectivity index (χ3n) is 2.80. The summed E-state index contributed by atoms with van der Waals surface area (Å²) in [5.74, 6) is 0.310. The van der Waals surface area contributed by atoms with Crippen LogP contribution in [0.4, 0.5) is 16.2 Å². The maximum absolute atomic E-state index is 11.6. The molecule has 3 rings (SSSR count). The lowest BCUT2D eigenvalue weighted by atomic mass is 10.2. The second-order valence-corrected chi connectivity index (χ2v) is 4.39. The lowest BCUT2D eigenvalue weighted by molar-refractivity contribution is -0.118. The van der Waals surface area contributed by atoms with Gasteiger partial charge in [0.25, 0.3) is 5.91 Å². The topological polar surface area (TPSA) is 79.5 Å². The van der Waals surface area contributed by atoms with Crippen LogP contribution in [0.25, 0.3) is 0 Å². The quantitative estimate of drug-likeness (QED) is 0.737. The number of fused-ring (bicyclic) bond motifs is 1. The number of para-hydroxylation sites is 1. The highest BCUT2D eigenvalue weighted by molar-refractivity contribution is 5.99. The maximum Gasteiger partial charge on any atom is 0.319 e. The van der Waals surface area contributed by atoms with Crippen LogP contribution in [0.3, 0.4) is 0 Å². The number of amides is 3. The van der Waals surface area contributed by atoms with E-state index in [1.807, 2.05) is 0 Å². The maximum atomic E-state index is 11.6. The summed E-state index contributed by atoms with van der Waals surface area (Å²) in [5, 5.41) is 8.25. The SMILES string of the molecule is O=C1COc2c(cccc2NC(=O)NC2CC2)N1. The number of carbonyl (C=O) groups excluding carboxylic acids is 2. The third-order valence-corrected chi connectivity index (χ3v) is 2.80. The first-order valence-corrected chi connectivity index (χ1v) is 5.85. The highest BCUT2D eigenvalue weighted by Crippen LogP contribution is 2.35. The van der Waals surface area contributed by atoms with E-state index < -0.39 is 0 Å². The Kier molecular flexibility index (Phi) is 2.55. The van der Waals surface area contributed by atoms with Gasteiger partial charge in [-0.25, -0.2) is 4.79 Å². The molecule has 6 heteroatoms. The monoisotopic (exact) mass is 247 g/mol. The molecular formula is C12H13N3O3. The standard InChI is InChI=1S/C12H13N3O3/c16-10-6-18-11-8(14-10)2-1-3-9(11)15-12(17)13-7-4-5-7/h1-3,7H,4-6H2,(H,14,16)(H2,13,15,17). The van der Waals surface area contributed by atoms with Crippen LogP contribution in [0.2, 0.25) is 0 Å². The zero-order chi connectivity index (χ0) is 12.5. The first kappa shape index (κ1) is 10.9. The Hall–Kier alpha value is -2.24. The Labute approximate surface area is 104 Å². The van der Waals surface area contributed by atoms with Gasteiger partial charge in [0.1, 0.15) is 0 Å². The number of hydrogen-bond donors (Lipinski definition) is 3. The molecule has 0 atom stereocenters. The van der Waals surface area contributed by atoms with Gasteiger partial charge in [0.15, 0.2) is 12.4 Å². The van der Waals surface area contributed by atoms with E-state index in [4.69, 9.17) is 4.74 Å². The lowest BCUT2D eigenvalue weighted by Gasteiger charge is -2.20. The fourth-order valence-electron chi connectivity index (χ4n) is 1.78. The molecular weight excluding hydrogens is 234 g/mol. The summed E-state index contributed by atoms with van der Waals surface area (Å²) in [6.45, 7) is -0.0318. The van der Waals surface area contributed by atoms with Gasteiger partial charge in [-0.1, -0.05) is 6.07 Å². The van der Waals surface area contributed by atoms with Crippen molar-refractivity contribution in [1.29, 1.82) is 0 Å². The molecule has 1 aliphatic carbocycles. The van der Waals surface area contributed by atoms with Gasteiger partial charge in [0.05, 0.1) is 11.4 Å². The molecule has 3 N–H and O–H groups in total. The minimum Gasteiger partial charge on any atom is -0.479 e. The van der Waals surface area contributed by atoms with Crippen LogP contribution in [0.5, 0.6) is 5.75 Å². The molecule has 1 aliphatic heterocycles. The van der Waals surface area contributed by atoms with E-state index in [-0.39, 0.29) is 18.5 Å². The smallest absolute Gasteiger partial charge is 0.319 e. The van der Waals surface area contributed by atoms with Gasteiger partial charge >= 0.3 is 6.03 Å². The van der Waals surface area contributed by atoms with Gasteiger partial charge in [-0.3, -0.25) is 4.79 Å². The molecule has 0 unspecified atom stereocenters. The molecule has 3 amide bonds. The van der Waals surface area contributed by atoms with E-state index in [2.05, 4.69) is 16.0 Å². The molecule has 1 heterocycles. The van der Waals surface area contributed by atoms with Crippen molar-refractivity contribution in [3.05, 3.63) is 18.2 Å².